The standard InChI is InChI=1S/C34H48N4O12S/c1-3-4-13-29(42)38(20-10-6-9-19-35-33(44)24-11-7-5-8-12-24)21-18-28(41)37-25-14-16-26(17-15-25)48-34-30(36-23(2)40)31(43)32(27(22-39)49-34)50-51(45,46)47/h5,7-8,11-12,14-17,27,30-32,34,39,43H,3-4,6,9-10,13,18-22H2,1-2H3,(H,35,44)(H,36,40)(H,37,41)(H,45,46,47)/t27-,30-,31-,32+,34-/m1/s1. The summed E-state index contributed by atoms with van der Waals surface area (Å²) < 4.78 is 47.5. The van der Waals surface area contributed by atoms with E-state index in [-0.39, 0.29) is 36.4 Å². The molecule has 0 saturated carbocycles. The van der Waals surface area contributed by atoms with Gasteiger partial charge in [0, 0.05) is 50.7 Å². The second kappa shape index (κ2) is 20.7. The molecule has 5 atom stereocenters. The predicted octanol–water partition coefficient (Wildman–Crippen LogP) is 1.78. The van der Waals surface area contributed by atoms with Crippen LogP contribution in [0.25, 0.3) is 0 Å². The summed E-state index contributed by atoms with van der Waals surface area (Å²) in [5.41, 5.74) is 1.02. The van der Waals surface area contributed by atoms with Crippen molar-refractivity contribution in [1.82, 2.24) is 15.5 Å². The van der Waals surface area contributed by atoms with Crippen molar-refractivity contribution in [3.05, 3.63) is 60.2 Å². The zero-order chi connectivity index (χ0) is 37.4. The van der Waals surface area contributed by atoms with Crippen LogP contribution < -0.4 is 20.7 Å². The molecule has 0 unspecified atom stereocenters. The van der Waals surface area contributed by atoms with Crippen molar-refractivity contribution in [2.75, 3.05) is 31.6 Å². The van der Waals surface area contributed by atoms with E-state index >= 15 is 0 Å². The van der Waals surface area contributed by atoms with Crippen molar-refractivity contribution in [3.8, 4) is 5.75 Å². The molecule has 0 spiro atoms. The van der Waals surface area contributed by atoms with Crippen LogP contribution in [-0.2, 0) is 33.7 Å². The third-order valence-corrected chi connectivity index (χ3v) is 8.44. The molecule has 0 aromatic heterocycles. The molecule has 1 aliphatic heterocycles. The van der Waals surface area contributed by atoms with Gasteiger partial charge < -0.3 is 40.5 Å². The number of carbonyl (C=O) groups is 4. The number of benzene rings is 2. The molecule has 0 radical (unpaired) electrons. The number of rotatable bonds is 20. The van der Waals surface area contributed by atoms with Crippen molar-refractivity contribution in [1.29, 1.82) is 0 Å². The summed E-state index contributed by atoms with van der Waals surface area (Å²) in [5.74, 6) is -0.901. The monoisotopic (exact) mass is 736 g/mol. The molecule has 1 heterocycles. The van der Waals surface area contributed by atoms with E-state index in [1.807, 2.05) is 13.0 Å². The van der Waals surface area contributed by atoms with E-state index in [9.17, 15) is 37.8 Å². The Kier molecular flexibility index (Phi) is 16.7. The molecule has 282 valence electrons. The molecule has 1 saturated heterocycles. The molecule has 2 aromatic carbocycles. The van der Waals surface area contributed by atoms with Gasteiger partial charge in [-0.3, -0.25) is 23.7 Å². The van der Waals surface area contributed by atoms with E-state index in [1.165, 1.54) is 24.3 Å². The van der Waals surface area contributed by atoms with E-state index in [1.54, 1.807) is 29.2 Å². The van der Waals surface area contributed by atoms with Crippen molar-refractivity contribution >= 4 is 39.7 Å². The molecular weight excluding hydrogens is 688 g/mol. The number of anilines is 1. The van der Waals surface area contributed by atoms with Crippen LogP contribution in [0.15, 0.2) is 54.6 Å². The third kappa shape index (κ3) is 14.2. The maximum atomic E-state index is 12.9. The lowest BCUT2D eigenvalue weighted by Gasteiger charge is -2.43. The van der Waals surface area contributed by atoms with Gasteiger partial charge in [0.15, 0.2) is 0 Å². The summed E-state index contributed by atoms with van der Waals surface area (Å²) in [6, 6.07) is 13.6. The Balaban J connectivity index is 1.51. The van der Waals surface area contributed by atoms with Gasteiger partial charge in [0.2, 0.25) is 24.0 Å². The van der Waals surface area contributed by atoms with E-state index in [0.717, 1.165) is 39.0 Å². The van der Waals surface area contributed by atoms with Crippen LogP contribution in [0, 0.1) is 0 Å². The van der Waals surface area contributed by atoms with Gasteiger partial charge in [0.1, 0.15) is 30.1 Å². The van der Waals surface area contributed by atoms with Crippen LogP contribution in [-0.4, -0.2) is 109 Å². The first kappa shape index (κ1) is 41.3. The first-order valence-electron chi connectivity index (χ1n) is 16.9. The number of nitrogens with zero attached hydrogens (tertiary/aromatic N) is 1. The van der Waals surface area contributed by atoms with Crippen LogP contribution in [0.3, 0.4) is 0 Å². The smallest absolute Gasteiger partial charge is 0.397 e. The fraction of sp³-hybridized carbons (Fsp3) is 0.529. The average molecular weight is 737 g/mol. The maximum absolute atomic E-state index is 12.9. The lowest BCUT2D eigenvalue weighted by Crippen LogP contribution is -2.66. The fourth-order valence-corrected chi connectivity index (χ4v) is 5.89. The van der Waals surface area contributed by atoms with Crippen LogP contribution in [0.1, 0.15) is 69.2 Å². The molecule has 1 aliphatic rings. The zero-order valence-electron chi connectivity index (χ0n) is 28.7. The molecule has 1 fully saturated rings. The Morgan fingerprint density at radius 1 is 0.941 bits per heavy atom. The second-order valence-corrected chi connectivity index (χ2v) is 13.1. The van der Waals surface area contributed by atoms with Crippen LogP contribution in [0.5, 0.6) is 5.75 Å². The number of nitrogens with one attached hydrogen (secondary N) is 3. The first-order valence-corrected chi connectivity index (χ1v) is 18.2. The number of aliphatic hydroxyl groups is 2. The molecular formula is C34H48N4O12S. The third-order valence-electron chi connectivity index (χ3n) is 7.98. The first-order chi connectivity index (χ1) is 24.3. The highest BCUT2D eigenvalue weighted by Gasteiger charge is 2.49. The highest BCUT2D eigenvalue weighted by atomic mass is 32.3. The van der Waals surface area contributed by atoms with E-state index < -0.39 is 53.6 Å². The Labute approximate surface area is 297 Å². The number of hydrogen-bond acceptors (Lipinski definition) is 11. The number of ether oxygens (including phenoxy) is 2. The van der Waals surface area contributed by atoms with Gasteiger partial charge in [-0.25, -0.2) is 4.18 Å². The second-order valence-electron chi connectivity index (χ2n) is 12.0. The summed E-state index contributed by atoms with van der Waals surface area (Å²) in [4.78, 5) is 51.4. The van der Waals surface area contributed by atoms with Crippen LogP contribution in [0.4, 0.5) is 5.69 Å². The molecule has 0 bridgehead atoms. The Hall–Kier alpha value is -4.13. The van der Waals surface area contributed by atoms with Gasteiger partial charge in [-0.05, 0) is 62.1 Å². The molecule has 3 rings (SSSR count). The van der Waals surface area contributed by atoms with Crippen LogP contribution >= 0.6 is 0 Å². The summed E-state index contributed by atoms with van der Waals surface area (Å²) in [6.45, 7) is 3.58. The van der Waals surface area contributed by atoms with E-state index in [0.29, 0.717) is 30.8 Å². The van der Waals surface area contributed by atoms with E-state index in [2.05, 4.69) is 20.1 Å². The van der Waals surface area contributed by atoms with Crippen molar-refractivity contribution < 1.29 is 56.0 Å². The minimum atomic E-state index is -5.05. The number of aliphatic hydroxyl groups excluding tert-OH is 2. The lowest BCUT2D eigenvalue weighted by molar-refractivity contribution is -0.239. The summed E-state index contributed by atoms with van der Waals surface area (Å²) in [7, 11) is -5.05. The Morgan fingerprint density at radius 2 is 1.65 bits per heavy atom. The molecule has 6 N–H and O–H groups in total. The normalized spacial score (nSPS) is 20.2. The minimum Gasteiger partial charge on any atom is -0.463 e. The lowest BCUT2D eigenvalue weighted by atomic mass is 9.97. The SMILES string of the molecule is CCCCC(=O)N(CCCCCNC(=O)c1ccccc1)CCC(=O)Nc1ccc(O[C@@H]2O[C@H](CO)[C@H](OS(=O)(=O)O)[C@H](O)[C@H]2NC(C)=O)cc1. The summed E-state index contributed by atoms with van der Waals surface area (Å²) in [5, 5.41) is 28.5. The quantitative estimate of drug-likeness (QED) is 0.0845. The fourth-order valence-electron chi connectivity index (χ4n) is 5.37. The Bertz CT molecular complexity index is 1530. The van der Waals surface area contributed by atoms with Crippen molar-refractivity contribution in [2.45, 2.75) is 89.4 Å². The van der Waals surface area contributed by atoms with Gasteiger partial charge in [-0.1, -0.05) is 31.5 Å². The predicted molar refractivity (Wildman–Crippen MR) is 185 cm³/mol. The average Bonchev–Trinajstić information content (AvgIpc) is 3.09. The molecule has 2 aromatic rings. The minimum absolute atomic E-state index is 0.0181. The molecule has 0 aliphatic carbocycles. The Morgan fingerprint density at radius 3 is 2.27 bits per heavy atom. The molecule has 17 heteroatoms. The maximum Gasteiger partial charge on any atom is 0.397 e. The number of unbranched alkanes of at least 4 members (excludes halogenated alkanes) is 3. The number of carbonyl (C=O) groups excluding carboxylic acids is 4. The van der Waals surface area contributed by atoms with Crippen LogP contribution in [0.2, 0.25) is 0 Å². The molecule has 16 nitrogen and oxygen atoms in total. The number of hydrogen-bond donors (Lipinski definition) is 6. The van der Waals surface area contributed by atoms with Gasteiger partial charge in [0.05, 0.1) is 6.61 Å². The summed E-state index contributed by atoms with van der Waals surface area (Å²) >= 11 is 0. The van der Waals surface area contributed by atoms with Gasteiger partial charge in [0.25, 0.3) is 5.91 Å². The highest BCUT2D eigenvalue weighted by Crippen LogP contribution is 2.28. The zero-order valence-corrected chi connectivity index (χ0v) is 29.5. The largest absolute Gasteiger partial charge is 0.463 e. The van der Waals surface area contributed by atoms with E-state index in [4.69, 9.17) is 14.0 Å². The van der Waals surface area contributed by atoms with Crippen molar-refractivity contribution in [2.24, 2.45) is 0 Å². The van der Waals surface area contributed by atoms with Crippen molar-refractivity contribution in [3.63, 3.8) is 0 Å². The highest BCUT2D eigenvalue weighted by molar-refractivity contribution is 7.80. The molecule has 4 amide bonds. The number of amides is 4. The molecule has 51 heavy (non-hydrogen) atoms. The topological polar surface area (TPSA) is 230 Å². The van der Waals surface area contributed by atoms with Gasteiger partial charge in [-0.15, -0.1) is 0 Å². The van der Waals surface area contributed by atoms with Gasteiger partial charge >= 0.3 is 10.4 Å². The van der Waals surface area contributed by atoms with Gasteiger partial charge in [-0.2, -0.15) is 8.42 Å². The summed E-state index contributed by atoms with van der Waals surface area (Å²) in [6.07, 6.45) is -2.04.